The Bertz CT molecular complexity index is 367. The van der Waals surface area contributed by atoms with Gasteiger partial charge in [0.15, 0.2) is 5.82 Å². The van der Waals surface area contributed by atoms with Crippen LogP contribution in [0.15, 0.2) is 9.32 Å². The number of carbonyl (C=O) groups is 1. The van der Waals surface area contributed by atoms with Crippen LogP contribution in [0.1, 0.15) is 25.7 Å². The number of hydrogen-bond acceptors (Lipinski definition) is 4. The number of H-pyrrole nitrogens is 1. The molecule has 0 bridgehead atoms. The number of carboxylic acid groups (broad SMARTS) is 1. The number of nitrogens with one attached hydrogen (secondary N) is 2. The van der Waals surface area contributed by atoms with E-state index in [1.54, 1.807) is 13.8 Å². The van der Waals surface area contributed by atoms with E-state index < -0.39 is 17.9 Å². The Morgan fingerprint density at radius 3 is 2.64 bits per heavy atom. The lowest BCUT2D eigenvalue weighted by Crippen LogP contribution is -2.31. The van der Waals surface area contributed by atoms with Crippen molar-refractivity contribution >= 4 is 6.09 Å². The van der Waals surface area contributed by atoms with E-state index >= 15 is 0 Å². The second-order valence-corrected chi connectivity index (χ2v) is 3.15. The Hall–Kier alpha value is -1.79. The van der Waals surface area contributed by atoms with E-state index in [2.05, 4.69) is 20.0 Å². The van der Waals surface area contributed by atoms with Gasteiger partial charge < -0.3 is 10.4 Å². The van der Waals surface area contributed by atoms with Crippen molar-refractivity contribution in [2.75, 3.05) is 0 Å². The van der Waals surface area contributed by atoms with E-state index in [4.69, 9.17) is 5.11 Å². The van der Waals surface area contributed by atoms with Gasteiger partial charge in [-0.3, -0.25) is 9.51 Å². The maximum absolute atomic E-state index is 10.6. The second kappa shape index (κ2) is 3.95. The molecule has 0 aliphatic carbocycles. The van der Waals surface area contributed by atoms with Crippen LogP contribution in [0.4, 0.5) is 4.79 Å². The van der Waals surface area contributed by atoms with Crippen LogP contribution in [0.2, 0.25) is 0 Å². The Morgan fingerprint density at radius 1 is 1.64 bits per heavy atom. The van der Waals surface area contributed by atoms with Gasteiger partial charge >= 0.3 is 11.8 Å². The number of hydrogen-bond donors (Lipinski definition) is 3. The van der Waals surface area contributed by atoms with Gasteiger partial charge in [0, 0.05) is 0 Å². The predicted octanol–water partition coefficient (Wildman–Crippen LogP) is 0.328. The van der Waals surface area contributed by atoms with Gasteiger partial charge in [-0.25, -0.2) is 9.59 Å². The molecule has 1 aromatic rings. The quantitative estimate of drug-likeness (QED) is 0.652. The van der Waals surface area contributed by atoms with Crippen LogP contribution in [-0.4, -0.2) is 21.3 Å². The molecule has 0 spiro atoms. The third-order valence-corrected chi connectivity index (χ3v) is 1.70. The molecule has 0 unspecified atom stereocenters. The van der Waals surface area contributed by atoms with Crippen LogP contribution in [0.3, 0.4) is 0 Å². The molecule has 1 rings (SSSR count). The molecule has 0 fully saturated rings. The van der Waals surface area contributed by atoms with Gasteiger partial charge in [-0.2, -0.15) is 0 Å². The Morgan fingerprint density at radius 2 is 2.29 bits per heavy atom. The van der Waals surface area contributed by atoms with Crippen LogP contribution >= 0.6 is 0 Å². The highest BCUT2D eigenvalue weighted by molar-refractivity contribution is 5.65. The van der Waals surface area contributed by atoms with Gasteiger partial charge in [-0.1, -0.05) is 19.0 Å². The van der Waals surface area contributed by atoms with Crippen LogP contribution in [-0.2, 0) is 0 Å². The van der Waals surface area contributed by atoms with E-state index in [-0.39, 0.29) is 11.7 Å². The summed E-state index contributed by atoms with van der Waals surface area (Å²) in [5.41, 5.74) is 0. The molecule has 1 heterocycles. The maximum Gasteiger partial charge on any atom is 0.438 e. The number of rotatable bonds is 3. The van der Waals surface area contributed by atoms with Gasteiger partial charge in [0.25, 0.3) is 0 Å². The lowest BCUT2D eigenvalue weighted by atomic mass is 10.0. The summed E-state index contributed by atoms with van der Waals surface area (Å²) in [6.45, 7) is 3.60. The van der Waals surface area contributed by atoms with Gasteiger partial charge in [0.2, 0.25) is 0 Å². The smallest absolute Gasteiger partial charge is 0.438 e. The topological polar surface area (TPSA) is 108 Å². The molecule has 0 aliphatic heterocycles. The van der Waals surface area contributed by atoms with E-state index in [9.17, 15) is 9.59 Å². The minimum atomic E-state index is -1.17. The molecule has 7 nitrogen and oxygen atoms in total. The van der Waals surface area contributed by atoms with Crippen molar-refractivity contribution in [1.82, 2.24) is 15.5 Å². The third-order valence-electron chi connectivity index (χ3n) is 1.70. The molecule has 3 N–H and O–H groups in total. The summed E-state index contributed by atoms with van der Waals surface area (Å²) in [4.78, 5) is 23.4. The number of nitrogens with zero attached hydrogens (tertiary/aromatic N) is 1. The highest BCUT2D eigenvalue weighted by atomic mass is 16.5. The molecule has 7 heteroatoms. The SMILES string of the molecule is CC(C)[C@H](NC(=O)O)c1noc(=O)[nH]1. The van der Waals surface area contributed by atoms with Crippen molar-refractivity contribution in [2.24, 2.45) is 5.92 Å². The van der Waals surface area contributed by atoms with Gasteiger partial charge in [0.1, 0.15) is 0 Å². The highest BCUT2D eigenvalue weighted by Crippen LogP contribution is 2.16. The van der Waals surface area contributed by atoms with Gasteiger partial charge in [-0.05, 0) is 5.92 Å². The van der Waals surface area contributed by atoms with Gasteiger partial charge in [-0.15, -0.1) is 0 Å². The van der Waals surface area contributed by atoms with Crippen molar-refractivity contribution < 1.29 is 14.4 Å². The maximum atomic E-state index is 10.6. The fourth-order valence-electron chi connectivity index (χ4n) is 1.06. The standard InChI is InChI=1S/C7H11N3O4/c1-3(2)4(8-6(11)12)5-9-7(13)14-10-5/h3-4,8H,1-2H3,(H,11,12)(H,9,10,13)/t4-/m0/s1. The largest absolute Gasteiger partial charge is 0.465 e. The summed E-state index contributed by atoms with van der Waals surface area (Å²) in [6, 6.07) is -0.570. The van der Waals surface area contributed by atoms with Crippen molar-refractivity contribution in [3.05, 3.63) is 16.4 Å². The average Bonchev–Trinajstić information content (AvgIpc) is 2.46. The zero-order valence-electron chi connectivity index (χ0n) is 7.77. The van der Waals surface area contributed by atoms with E-state index in [0.717, 1.165) is 0 Å². The lowest BCUT2D eigenvalue weighted by molar-refractivity contribution is 0.184. The first-order chi connectivity index (χ1) is 6.50. The van der Waals surface area contributed by atoms with Crippen LogP contribution in [0.25, 0.3) is 0 Å². The molecular formula is C7H11N3O4. The monoisotopic (exact) mass is 201 g/mol. The second-order valence-electron chi connectivity index (χ2n) is 3.15. The van der Waals surface area contributed by atoms with Crippen LogP contribution in [0, 0.1) is 5.92 Å². The van der Waals surface area contributed by atoms with Crippen LogP contribution < -0.4 is 11.1 Å². The van der Waals surface area contributed by atoms with Crippen molar-refractivity contribution in [1.29, 1.82) is 0 Å². The highest BCUT2D eigenvalue weighted by Gasteiger charge is 2.21. The normalized spacial score (nSPS) is 12.8. The molecule has 1 atom stereocenters. The third kappa shape index (κ3) is 2.35. The van der Waals surface area contributed by atoms with E-state index in [1.165, 1.54) is 0 Å². The lowest BCUT2D eigenvalue weighted by Gasteiger charge is -2.16. The summed E-state index contributed by atoms with van der Waals surface area (Å²) in [5, 5.41) is 14.2. The number of aromatic nitrogens is 2. The summed E-state index contributed by atoms with van der Waals surface area (Å²) >= 11 is 0. The Labute approximate surface area is 79.1 Å². The van der Waals surface area contributed by atoms with Crippen LogP contribution in [0.5, 0.6) is 0 Å². The minimum Gasteiger partial charge on any atom is -0.465 e. The van der Waals surface area contributed by atoms with Crippen molar-refractivity contribution in [3.8, 4) is 0 Å². The van der Waals surface area contributed by atoms with E-state index in [0.29, 0.717) is 0 Å². The fourth-order valence-corrected chi connectivity index (χ4v) is 1.06. The first kappa shape index (κ1) is 10.3. The molecule has 0 aliphatic rings. The summed E-state index contributed by atoms with van der Waals surface area (Å²) in [7, 11) is 0. The summed E-state index contributed by atoms with van der Waals surface area (Å²) < 4.78 is 4.28. The molecule has 0 radical (unpaired) electrons. The molecule has 78 valence electrons. The first-order valence-electron chi connectivity index (χ1n) is 4.06. The zero-order chi connectivity index (χ0) is 10.7. The number of aromatic amines is 1. The Kier molecular flexibility index (Phi) is 2.90. The molecular weight excluding hydrogens is 190 g/mol. The van der Waals surface area contributed by atoms with Crippen molar-refractivity contribution in [3.63, 3.8) is 0 Å². The average molecular weight is 201 g/mol. The summed E-state index contributed by atoms with van der Waals surface area (Å²) in [6.07, 6.45) is -1.17. The predicted molar refractivity (Wildman–Crippen MR) is 45.9 cm³/mol. The summed E-state index contributed by atoms with van der Waals surface area (Å²) in [5.74, 6) is -0.544. The van der Waals surface area contributed by atoms with Crippen molar-refractivity contribution in [2.45, 2.75) is 19.9 Å². The van der Waals surface area contributed by atoms with E-state index in [1.807, 2.05) is 0 Å². The number of amides is 1. The molecule has 0 saturated carbocycles. The molecule has 14 heavy (non-hydrogen) atoms. The van der Waals surface area contributed by atoms with Gasteiger partial charge in [0.05, 0.1) is 6.04 Å². The molecule has 0 aromatic carbocycles. The molecule has 1 aromatic heterocycles. The fraction of sp³-hybridized carbons (Fsp3) is 0.571. The zero-order valence-corrected chi connectivity index (χ0v) is 7.77. The Balaban J connectivity index is 2.88. The molecule has 1 amide bonds. The molecule has 0 saturated heterocycles. The minimum absolute atomic E-state index is 0.0353. The first-order valence-corrected chi connectivity index (χ1v) is 4.06.